The van der Waals surface area contributed by atoms with Gasteiger partial charge in [-0.2, -0.15) is 0 Å². The van der Waals surface area contributed by atoms with Gasteiger partial charge in [-0.15, -0.1) is 0 Å². The van der Waals surface area contributed by atoms with Crippen LogP contribution < -0.4 is 15.2 Å². The van der Waals surface area contributed by atoms with Crippen molar-refractivity contribution in [3.63, 3.8) is 0 Å². The maximum atomic E-state index is 12.2. The standard InChI is InChI=1S/C15H18N2O3S/c1-20-15-9-13(10-16)7-8-14(15)17-21(18,19)11-12-5-3-2-4-6-12/h2-9,17H,10-11,16H2,1H3. The minimum atomic E-state index is -3.50. The van der Waals surface area contributed by atoms with Gasteiger partial charge in [0.2, 0.25) is 10.0 Å². The van der Waals surface area contributed by atoms with Crippen LogP contribution >= 0.6 is 0 Å². The summed E-state index contributed by atoms with van der Waals surface area (Å²) in [6.45, 7) is 0.368. The SMILES string of the molecule is COc1cc(CN)ccc1NS(=O)(=O)Cc1ccccc1. The highest BCUT2D eigenvalue weighted by atomic mass is 32.2. The van der Waals surface area contributed by atoms with E-state index in [0.29, 0.717) is 18.0 Å². The van der Waals surface area contributed by atoms with Crippen molar-refractivity contribution in [2.75, 3.05) is 11.8 Å². The third kappa shape index (κ3) is 4.21. The Morgan fingerprint density at radius 3 is 2.43 bits per heavy atom. The Morgan fingerprint density at radius 1 is 1.10 bits per heavy atom. The molecule has 0 heterocycles. The molecule has 0 radical (unpaired) electrons. The topological polar surface area (TPSA) is 81.4 Å². The van der Waals surface area contributed by atoms with Gasteiger partial charge >= 0.3 is 0 Å². The van der Waals surface area contributed by atoms with Gasteiger partial charge in [0.05, 0.1) is 18.6 Å². The van der Waals surface area contributed by atoms with Crippen LogP contribution in [-0.4, -0.2) is 15.5 Å². The van der Waals surface area contributed by atoms with Crippen molar-refractivity contribution in [2.45, 2.75) is 12.3 Å². The minimum absolute atomic E-state index is 0.0877. The number of methoxy groups -OCH3 is 1. The van der Waals surface area contributed by atoms with Crippen LogP contribution in [0, 0.1) is 0 Å². The second-order valence-corrected chi connectivity index (χ2v) is 6.31. The highest BCUT2D eigenvalue weighted by molar-refractivity contribution is 7.91. The maximum Gasteiger partial charge on any atom is 0.237 e. The van der Waals surface area contributed by atoms with E-state index in [4.69, 9.17) is 10.5 Å². The van der Waals surface area contributed by atoms with Gasteiger partial charge in [0.15, 0.2) is 0 Å². The fourth-order valence-corrected chi connectivity index (χ4v) is 3.15. The van der Waals surface area contributed by atoms with Gasteiger partial charge in [-0.05, 0) is 23.3 Å². The summed E-state index contributed by atoms with van der Waals surface area (Å²) in [5.74, 6) is 0.366. The molecule has 0 atom stereocenters. The first-order valence-electron chi connectivity index (χ1n) is 6.45. The molecule has 6 heteroatoms. The molecule has 3 N–H and O–H groups in total. The zero-order valence-corrected chi connectivity index (χ0v) is 12.6. The number of hydrogen-bond donors (Lipinski definition) is 2. The van der Waals surface area contributed by atoms with E-state index in [-0.39, 0.29) is 5.75 Å². The fourth-order valence-electron chi connectivity index (χ4n) is 1.94. The van der Waals surface area contributed by atoms with Crippen LogP contribution in [0.4, 0.5) is 5.69 Å². The quantitative estimate of drug-likeness (QED) is 0.856. The number of hydrogen-bond acceptors (Lipinski definition) is 4. The summed E-state index contributed by atoms with van der Waals surface area (Å²) in [6, 6.07) is 14.1. The van der Waals surface area contributed by atoms with Crippen molar-refractivity contribution in [1.29, 1.82) is 0 Å². The number of ether oxygens (including phenoxy) is 1. The molecular weight excluding hydrogens is 288 g/mol. The zero-order valence-electron chi connectivity index (χ0n) is 11.7. The van der Waals surface area contributed by atoms with Crippen molar-refractivity contribution in [2.24, 2.45) is 5.73 Å². The third-order valence-corrected chi connectivity index (χ3v) is 4.21. The summed E-state index contributed by atoms with van der Waals surface area (Å²) in [4.78, 5) is 0. The monoisotopic (exact) mass is 306 g/mol. The molecule has 0 saturated heterocycles. The number of rotatable bonds is 6. The predicted molar refractivity (Wildman–Crippen MR) is 83.6 cm³/mol. The molecule has 112 valence electrons. The average Bonchev–Trinajstić information content (AvgIpc) is 2.47. The van der Waals surface area contributed by atoms with E-state index >= 15 is 0 Å². The lowest BCUT2D eigenvalue weighted by atomic mass is 10.2. The predicted octanol–water partition coefficient (Wildman–Crippen LogP) is 2.10. The van der Waals surface area contributed by atoms with E-state index in [1.807, 2.05) is 18.2 Å². The number of sulfonamides is 1. The Bertz CT molecular complexity index is 700. The summed E-state index contributed by atoms with van der Waals surface area (Å²) in [5, 5.41) is 0. The van der Waals surface area contributed by atoms with E-state index in [1.54, 1.807) is 30.3 Å². The van der Waals surface area contributed by atoms with Crippen LogP contribution in [0.2, 0.25) is 0 Å². The summed E-state index contributed by atoms with van der Waals surface area (Å²) in [7, 11) is -2.01. The molecule has 0 amide bonds. The number of anilines is 1. The molecule has 0 aliphatic carbocycles. The Morgan fingerprint density at radius 2 is 1.81 bits per heavy atom. The fraction of sp³-hybridized carbons (Fsp3) is 0.200. The summed E-state index contributed by atoms with van der Waals surface area (Å²) in [5.41, 5.74) is 7.56. The molecule has 0 aliphatic rings. The summed E-state index contributed by atoms with van der Waals surface area (Å²) in [6.07, 6.45) is 0. The normalized spacial score (nSPS) is 11.1. The van der Waals surface area contributed by atoms with Crippen LogP contribution in [0.5, 0.6) is 5.75 Å². The van der Waals surface area contributed by atoms with E-state index in [9.17, 15) is 8.42 Å². The Hall–Kier alpha value is -2.05. The van der Waals surface area contributed by atoms with Crippen molar-refractivity contribution < 1.29 is 13.2 Å². The van der Waals surface area contributed by atoms with Crippen molar-refractivity contribution in [3.8, 4) is 5.75 Å². The summed E-state index contributed by atoms with van der Waals surface area (Å²) >= 11 is 0. The molecular formula is C15H18N2O3S. The molecule has 2 aromatic rings. The molecule has 0 spiro atoms. The number of nitrogens with one attached hydrogen (secondary N) is 1. The van der Waals surface area contributed by atoms with Crippen LogP contribution in [0.1, 0.15) is 11.1 Å². The molecule has 0 aromatic heterocycles. The van der Waals surface area contributed by atoms with Crippen LogP contribution in [0.3, 0.4) is 0 Å². The van der Waals surface area contributed by atoms with Gasteiger partial charge in [-0.3, -0.25) is 4.72 Å². The molecule has 0 saturated carbocycles. The van der Waals surface area contributed by atoms with Gasteiger partial charge < -0.3 is 10.5 Å². The number of benzene rings is 2. The molecule has 5 nitrogen and oxygen atoms in total. The Labute approximate surface area is 124 Å². The highest BCUT2D eigenvalue weighted by Crippen LogP contribution is 2.27. The lowest BCUT2D eigenvalue weighted by Gasteiger charge is -2.13. The van der Waals surface area contributed by atoms with Crippen molar-refractivity contribution in [1.82, 2.24) is 0 Å². The molecule has 2 rings (SSSR count). The Kier molecular flexibility index (Phi) is 4.82. The molecule has 2 aromatic carbocycles. The first-order valence-corrected chi connectivity index (χ1v) is 8.10. The van der Waals surface area contributed by atoms with E-state index in [2.05, 4.69) is 4.72 Å². The van der Waals surface area contributed by atoms with Gasteiger partial charge in [0, 0.05) is 6.54 Å². The second kappa shape index (κ2) is 6.60. The first kappa shape index (κ1) is 15.3. The van der Waals surface area contributed by atoms with Crippen LogP contribution in [0.15, 0.2) is 48.5 Å². The van der Waals surface area contributed by atoms with Crippen molar-refractivity contribution in [3.05, 3.63) is 59.7 Å². The molecule has 0 aliphatic heterocycles. The molecule has 0 bridgehead atoms. The van der Waals surface area contributed by atoms with Crippen LogP contribution in [-0.2, 0) is 22.3 Å². The lowest BCUT2D eigenvalue weighted by Crippen LogP contribution is -2.15. The van der Waals surface area contributed by atoms with E-state index < -0.39 is 10.0 Å². The van der Waals surface area contributed by atoms with E-state index in [0.717, 1.165) is 11.1 Å². The third-order valence-electron chi connectivity index (χ3n) is 2.97. The smallest absolute Gasteiger partial charge is 0.237 e. The molecule has 0 unspecified atom stereocenters. The largest absolute Gasteiger partial charge is 0.495 e. The van der Waals surface area contributed by atoms with Gasteiger partial charge in [-0.25, -0.2) is 8.42 Å². The minimum Gasteiger partial charge on any atom is -0.495 e. The van der Waals surface area contributed by atoms with Crippen molar-refractivity contribution >= 4 is 15.7 Å². The number of nitrogens with two attached hydrogens (primary N) is 1. The van der Waals surface area contributed by atoms with Gasteiger partial charge in [0.1, 0.15) is 5.75 Å². The van der Waals surface area contributed by atoms with Gasteiger partial charge in [-0.1, -0.05) is 36.4 Å². The Balaban J connectivity index is 2.20. The highest BCUT2D eigenvalue weighted by Gasteiger charge is 2.14. The first-order chi connectivity index (χ1) is 10.0. The lowest BCUT2D eigenvalue weighted by molar-refractivity contribution is 0.416. The van der Waals surface area contributed by atoms with Crippen LogP contribution in [0.25, 0.3) is 0 Å². The average molecular weight is 306 g/mol. The van der Waals surface area contributed by atoms with Gasteiger partial charge in [0.25, 0.3) is 0 Å². The van der Waals surface area contributed by atoms with E-state index in [1.165, 1.54) is 7.11 Å². The second-order valence-electron chi connectivity index (χ2n) is 4.59. The summed E-state index contributed by atoms with van der Waals surface area (Å²) < 4.78 is 32.1. The zero-order chi connectivity index (χ0) is 15.3. The molecule has 0 fully saturated rings. The molecule has 21 heavy (non-hydrogen) atoms. The maximum absolute atomic E-state index is 12.2.